The monoisotopic (exact) mass is 151 g/mol. The third-order valence-electron chi connectivity index (χ3n) is 4.12. The van der Waals surface area contributed by atoms with Gasteiger partial charge in [-0.2, -0.15) is 0 Å². The van der Waals surface area contributed by atoms with Crippen LogP contribution in [0.25, 0.3) is 0 Å². The molecule has 4 rings (SSSR count). The van der Waals surface area contributed by atoms with Crippen LogP contribution in [0.2, 0.25) is 0 Å². The van der Waals surface area contributed by atoms with Crippen LogP contribution in [0.3, 0.4) is 0 Å². The van der Waals surface area contributed by atoms with Gasteiger partial charge in [-0.15, -0.1) is 0 Å². The van der Waals surface area contributed by atoms with Crippen molar-refractivity contribution in [2.75, 3.05) is 0 Å². The fourth-order valence-electron chi connectivity index (χ4n) is 4.23. The molecule has 0 radical (unpaired) electrons. The standard InChI is InChI=1S/C10H17N/c1-9-3-7-5-10(2,11-9)6-8(7)4-9/h7-8,11H,3-6H2,1-2H3. The molecule has 0 unspecified atom stereocenters. The SMILES string of the molecule is CC12CC3CC(C)(CC3C1)N2. The van der Waals surface area contributed by atoms with Gasteiger partial charge in [0.05, 0.1) is 0 Å². The highest BCUT2D eigenvalue weighted by molar-refractivity contribution is 5.15. The summed E-state index contributed by atoms with van der Waals surface area (Å²) in [5, 5.41) is 3.83. The predicted molar refractivity (Wildman–Crippen MR) is 45.4 cm³/mol. The van der Waals surface area contributed by atoms with Gasteiger partial charge in [0.25, 0.3) is 0 Å². The zero-order valence-corrected chi connectivity index (χ0v) is 7.48. The lowest BCUT2D eigenvalue weighted by Crippen LogP contribution is -2.57. The molecule has 2 saturated carbocycles. The maximum absolute atomic E-state index is 3.83. The van der Waals surface area contributed by atoms with Crippen molar-refractivity contribution in [3.8, 4) is 0 Å². The topological polar surface area (TPSA) is 12.0 Å². The molecular formula is C10H17N. The van der Waals surface area contributed by atoms with Crippen molar-refractivity contribution < 1.29 is 0 Å². The number of hydrogen-bond donors (Lipinski definition) is 1. The van der Waals surface area contributed by atoms with Gasteiger partial charge in [-0.1, -0.05) is 0 Å². The summed E-state index contributed by atoms with van der Waals surface area (Å²) >= 11 is 0. The van der Waals surface area contributed by atoms with E-state index in [9.17, 15) is 0 Å². The fraction of sp³-hybridized carbons (Fsp3) is 1.00. The third kappa shape index (κ3) is 0.703. The summed E-state index contributed by atoms with van der Waals surface area (Å²) in [5.74, 6) is 2.15. The molecular weight excluding hydrogens is 134 g/mol. The molecule has 0 aromatic heterocycles. The lowest BCUT2D eigenvalue weighted by molar-refractivity contribution is 0.160. The van der Waals surface area contributed by atoms with E-state index in [1.54, 1.807) is 0 Å². The second-order valence-corrected chi connectivity index (χ2v) is 5.58. The molecule has 2 aliphatic carbocycles. The van der Waals surface area contributed by atoms with E-state index in [1.807, 2.05) is 0 Å². The van der Waals surface area contributed by atoms with Crippen molar-refractivity contribution >= 4 is 0 Å². The molecule has 0 aromatic rings. The molecule has 0 spiro atoms. The zero-order valence-electron chi connectivity index (χ0n) is 7.48. The molecule has 1 N–H and O–H groups in total. The molecule has 1 heteroatoms. The summed E-state index contributed by atoms with van der Waals surface area (Å²) < 4.78 is 0. The van der Waals surface area contributed by atoms with Crippen LogP contribution in [-0.2, 0) is 0 Å². The molecule has 0 aromatic carbocycles. The Bertz CT molecular complexity index is 175. The molecule has 4 bridgehead atoms. The van der Waals surface area contributed by atoms with Crippen molar-refractivity contribution in [2.24, 2.45) is 11.8 Å². The van der Waals surface area contributed by atoms with Crippen molar-refractivity contribution in [1.29, 1.82) is 0 Å². The molecule has 1 nitrogen and oxygen atoms in total. The lowest BCUT2D eigenvalue weighted by Gasteiger charge is -2.44. The number of nitrogens with one attached hydrogen (secondary N) is 1. The van der Waals surface area contributed by atoms with E-state index < -0.39 is 0 Å². The van der Waals surface area contributed by atoms with Crippen molar-refractivity contribution in [3.63, 3.8) is 0 Å². The van der Waals surface area contributed by atoms with E-state index >= 15 is 0 Å². The Morgan fingerprint density at radius 1 is 0.909 bits per heavy atom. The zero-order chi connectivity index (χ0) is 7.69. The van der Waals surface area contributed by atoms with Crippen molar-refractivity contribution in [2.45, 2.75) is 50.6 Å². The van der Waals surface area contributed by atoms with Crippen LogP contribution >= 0.6 is 0 Å². The highest BCUT2D eigenvalue weighted by Gasteiger charge is 2.58. The quantitative estimate of drug-likeness (QED) is 0.558. The van der Waals surface area contributed by atoms with E-state index in [4.69, 9.17) is 0 Å². The molecule has 0 amide bonds. The Hall–Kier alpha value is -0.0400. The minimum Gasteiger partial charge on any atom is -0.306 e. The minimum absolute atomic E-state index is 0.528. The lowest BCUT2D eigenvalue weighted by atomic mass is 9.81. The Morgan fingerprint density at radius 3 is 1.55 bits per heavy atom. The largest absolute Gasteiger partial charge is 0.306 e. The summed E-state index contributed by atoms with van der Waals surface area (Å²) in [6, 6.07) is 0. The highest BCUT2D eigenvalue weighted by Crippen LogP contribution is 2.57. The number of hydrogen-bond acceptors (Lipinski definition) is 1. The first-order valence-electron chi connectivity index (χ1n) is 4.88. The van der Waals surface area contributed by atoms with Gasteiger partial charge in [0.15, 0.2) is 0 Å². The van der Waals surface area contributed by atoms with Crippen LogP contribution in [0.1, 0.15) is 39.5 Å². The molecule has 0 atom stereocenters. The van der Waals surface area contributed by atoms with Crippen molar-refractivity contribution in [1.82, 2.24) is 5.32 Å². The summed E-state index contributed by atoms with van der Waals surface area (Å²) in [6.45, 7) is 4.83. The van der Waals surface area contributed by atoms with Gasteiger partial charge in [-0.25, -0.2) is 0 Å². The van der Waals surface area contributed by atoms with Gasteiger partial charge in [0, 0.05) is 11.1 Å². The second-order valence-electron chi connectivity index (χ2n) is 5.58. The summed E-state index contributed by atoms with van der Waals surface area (Å²) in [6.07, 6.45) is 5.81. The normalized spacial score (nSPS) is 66.0. The molecule has 2 heterocycles. The van der Waals surface area contributed by atoms with Gasteiger partial charge < -0.3 is 5.32 Å². The summed E-state index contributed by atoms with van der Waals surface area (Å²) in [5.41, 5.74) is 1.06. The molecule has 4 aliphatic rings. The average Bonchev–Trinajstić information content (AvgIpc) is 2.11. The van der Waals surface area contributed by atoms with Crippen LogP contribution < -0.4 is 5.32 Å². The average molecular weight is 151 g/mol. The smallest absolute Gasteiger partial charge is 0.0163 e. The second kappa shape index (κ2) is 1.52. The maximum Gasteiger partial charge on any atom is 0.0163 e. The Kier molecular flexibility index (Phi) is 0.893. The molecule has 11 heavy (non-hydrogen) atoms. The van der Waals surface area contributed by atoms with Gasteiger partial charge >= 0.3 is 0 Å². The molecule has 4 fully saturated rings. The van der Waals surface area contributed by atoms with E-state index in [-0.39, 0.29) is 0 Å². The highest BCUT2D eigenvalue weighted by atomic mass is 15.1. The first-order chi connectivity index (χ1) is 5.09. The minimum atomic E-state index is 0.528. The molecule has 2 saturated heterocycles. The molecule has 62 valence electrons. The number of rotatable bonds is 0. The first kappa shape index (κ1) is 6.47. The Morgan fingerprint density at radius 2 is 1.27 bits per heavy atom. The van der Waals surface area contributed by atoms with E-state index in [0.717, 1.165) is 11.8 Å². The van der Waals surface area contributed by atoms with Crippen LogP contribution in [0, 0.1) is 11.8 Å². The predicted octanol–water partition coefficient (Wildman–Crippen LogP) is 1.93. The van der Waals surface area contributed by atoms with E-state index in [0.29, 0.717) is 11.1 Å². The van der Waals surface area contributed by atoms with Gasteiger partial charge in [-0.05, 0) is 51.4 Å². The van der Waals surface area contributed by atoms with E-state index in [1.165, 1.54) is 25.7 Å². The van der Waals surface area contributed by atoms with Crippen LogP contribution in [0.5, 0.6) is 0 Å². The first-order valence-corrected chi connectivity index (χ1v) is 4.88. The van der Waals surface area contributed by atoms with Crippen LogP contribution in [0.15, 0.2) is 0 Å². The fourth-order valence-corrected chi connectivity index (χ4v) is 4.23. The number of piperidine rings is 2. The van der Waals surface area contributed by atoms with E-state index in [2.05, 4.69) is 19.2 Å². The third-order valence-corrected chi connectivity index (χ3v) is 4.12. The van der Waals surface area contributed by atoms with Gasteiger partial charge in [0.1, 0.15) is 0 Å². The summed E-state index contributed by atoms with van der Waals surface area (Å²) in [4.78, 5) is 0. The van der Waals surface area contributed by atoms with Gasteiger partial charge in [-0.3, -0.25) is 0 Å². The summed E-state index contributed by atoms with van der Waals surface area (Å²) in [7, 11) is 0. The molecule has 2 aliphatic heterocycles. The Balaban J connectivity index is 2.03. The maximum atomic E-state index is 3.83. The van der Waals surface area contributed by atoms with Crippen molar-refractivity contribution in [3.05, 3.63) is 0 Å². The van der Waals surface area contributed by atoms with Crippen LogP contribution in [0.4, 0.5) is 0 Å². The Labute approximate surface area is 68.6 Å². The van der Waals surface area contributed by atoms with Gasteiger partial charge in [0.2, 0.25) is 0 Å². The van der Waals surface area contributed by atoms with Crippen LogP contribution in [-0.4, -0.2) is 11.1 Å².